The Kier molecular flexibility index (Phi) is 5.64. The van der Waals surface area contributed by atoms with Crippen molar-refractivity contribution in [2.75, 3.05) is 27.6 Å². The highest BCUT2D eigenvalue weighted by Crippen LogP contribution is 2.33. The van der Waals surface area contributed by atoms with Crippen molar-refractivity contribution in [2.24, 2.45) is 0 Å². The highest BCUT2D eigenvalue weighted by molar-refractivity contribution is 6.66. The van der Waals surface area contributed by atoms with Gasteiger partial charge in [0.1, 0.15) is 11.5 Å². The summed E-state index contributed by atoms with van der Waals surface area (Å²) < 4.78 is 33.7. The first kappa shape index (κ1) is 17.4. The van der Waals surface area contributed by atoms with Crippen LogP contribution in [-0.4, -0.2) is 44.9 Å². The van der Waals surface area contributed by atoms with Crippen molar-refractivity contribution in [2.45, 2.75) is 26.1 Å². The molecule has 0 amide bonds. The summed E-state index contributed by atoms with van der Waals surface area (Å²) in [6, 6.07) is 6.67. The van der Waals surface area contributed by atoms with Crippen molar-refractivity contribution < 1.29 is 26.9 Å². The van der Waals surface area contributed by atoms with E-state index in [1.54, 1.807) is 21.3 Å². The number of rotatable bonds is 7. The van der Waals surface area contributed by atoms with Crippen molar-refractivity contribution in [3.8, 4) is 11.5 Å². The Morgan fingerprint density at radius 2 is 1.86 bits per heavy atom. The summed E-state index contributed by atoms with van der Waals surface area (Å²) in [5.41, 5.74) is 0.996. The molecule has 1 aliphatic heterocycles. The van der Waals surface area contributed by atoms with Gasteiger partial charge in [0.25, 0.3) is 0 Å². The van der Waals surface area contributed by atoms with Crippen molar-refractivity contribution in [3.05, 3.63) is 23.8 Å². The molecule has 0 radical (unpaired) electrons. The lowest BCUT2D eigenvalue weighted by Gasteiger charge is -2.32. The van der Waals surface area contributed by atoms with Gasteiger partial charge in [0.2, 0.25) is 0 Å². The first-order valence-corrected chi connectivity index (χ1v) is 11.7. The van der Waals surface area contributed by atoms with E-state index >= 15 is 0 Å². The molecule has 0 fully saturated rings. The second kappa shape index (κ2) is 7.11. The fraction of sp³-hybridized carbons (Fsp3) is 0.571. The zero-order valence-corrected chi connectivity index (χ0v) is 15.8. The van der Waals surface area contributed by atoms with E-state index in [4.69, 9.17) is 26.9 Å². The Labute approximate surface area is 133 Å². The van der Waals surface area contributed by atoms with Gasteiger partial charge >= 0.3 is 17.4 Å². The number of ether oxygens (including phenoxy) is 1. The van der Waals surface area contributed by atoms with Gasteiger partial charge < -0.3 is 26.9 Å². The van der Waals surface area contributed by atoms with Crippen LogP contribution < -0.4 is 9.16 Å². The molecule has 1 aromatic rings. The molecule has 8 heteroatoms. The Bertz CT molecular complexity index is 500. The summed E-state index contributed by atoms with van der Waals surface area (Å²) >= 11 is 0. The molecule has 6 nitrogen and oxygen atoms in total. The minimum absolute atomic E-state index is 0.248. The van der Waals surface area contributed by atoms with Crippen LogP contribution in [0.3, 0.4) is 0 Å². The lowest BCUT2D eigenvalue weighted by molar-refractivity contribution is 0.100. The lowest BCUT2D eigenvalue weighted by Crippen LogP contribution is -2.49. The normalized spacial score (nSPS) is 21.1. The van der Waals surface area contributed by atoms with Crippen LogP contribution in [0, 0.1) is 0 Å². The standard InChI is InChI=1S/C14H24O6Si2/c1-6-21(5)19-10-12-9-13(7-8-14(12)20-21)18-11-22(15-2,16-3)17-4/h7-9H,6,10-11H2,1-5H3. The maximum Gasteiger partial charge on any atom is 0.539 e. The summed E-state index contributed by atoms with van der Waals surface area (Å²) in [5.74, 6) is 1.61. The lowest BCUT2D eigenvalue weighted by atomic mass is 10.2. The molecule has 2 rings (SSSR count). The minimum Gasteiger partial charge on any atom is -0.520 e. The second-order valence-electron chi connectivity index (χ2n) is 5.23. The molecule has 1 unspecified atom stereocenters. The minimum atomic E-state index is -2.74. The molecule has 0 aromatic heterocycles. The predicted molar refractivity (Wildman–Crippen MR) is 86.2 cm³/mol. The molecular formula is C14H24O6Si2. The van der Waals surface area contributed by atoms with E-state index in [-0.39, 0.29) is 6.23 Å². The third-order valence-corrected chi connectivity index (χ3v) is 8.94. The number of fused-ring (bicyclic) bond motifs is 1. The van der Waals surface area contributed by atoms with Gasteiger partial charge in [-0.05, 0) is 30.8 Å². The summed E-state index contributed by atoms with van der Waals surface area (Å²) in [6.45, 7) is 4.74. The first-order valence-electron chi connectivity index (χ1n) is 7.24. The van der Waals surface area contributed by atoms with Gasteiger partial charge in [-0.3, -0.25) is 0 Å². The third kappa shape index (κ3) is 3.70. The molecule has 0 saturated heterocycles. The van der Waals surface area contributed by atoms with Crippen molar-refractivity contribution in [3.63, 3.8) is 0 Å². The second-order valence-corrected chi connectivity index (χ2v) is 11.6. The topological polar surface area (TPSA) is 55.4 Å². The van der Waals surface area contributed by atoms with E-state index in [1.165, 1.54) is 0 Å². The maximum absolute atomic E-state index is 6.03. The van der Waals surface area contributed by atoms with E-state index in [0.29, 0.717) is 6.61 Å². The molecule has 0 N–H and O–H groups in total. The highest BCUT2D eigenvalue weighted by Gasteiger charge is 2.40. The fourth-order valence-electron chi connectivity index (χ4n) is 2.12. The monoisotopic (exact) mass is 344 g/mol. The molecule has 1 aliphatic rings. The van der Waals surface area contributed by atoms with Crippen molar-refractivity contribution in [1.82, 2.24) is 0 Å². The van der Waals surface area contributed by atoms with Crippen LogP contribution in [-0.2, 0) is 24.3 Å². The van der Waals surface area contributed by atoms with Crippen molar-refractivity contribution >= 4 is 17.4 Å². The van der Waals surface area contributed by atoms with E-state index in [9.17, 15) is 0 Å². The van der Waals surface area contributed by atoms with Gasteiger partial charge in [-0.1, -0.05) is 6.92 Å². The van der Waals surface area contributed by atoms with Crippen LogP contribution in [0.4, 0.5) is 0 Å². The van der Waals surface area contributed by atoms with Gasteiger partial charge in [0, 0.05) is 26.9 Å². The zero-order valence-electron chi connectivity index (χ0n) is 13.8. The molecule has 1 aromatic carbocycles. The summed E-state index contributed by atoms with van der Waals surface area (Å²) in [5, 5.41) is 0. The predicted octanol–water partition coefficient (Wildman–Crippen LogP) is 2.48. The molecule has 0 aliphatic carbocycles. The van der Waals surface area contributed by atoms with Gasteiger partial charge in [-0.25, -0.2) is 0 Å². The zero-order chi connectivity index (χ0) is 16.2. The summed E-state index contributed by atoms with van der Waals surface area (Å²) in [4.78, 5) is 0. The Morgan fingerprint density at radius 3 is 2.45 bits per heavy atom. The number of benzene rings is 1. The van der Waals surface area contributed by atoms with Crippen LogP contribution in [0.25, 0.3) is 0 Å². The van der Waals surface area contributed by atoms with Crippen LogP contribution in [0.2, 0.25) is 12.6 Å². The largest absolute Gasteiger partial charge is 0.539 e. The molecule has 1 atom stereocenters. The van der Waals surface area contributed by atoms with Gasteiger partial charge in [0.05, 0.1) is 6.61 Å². The van der Waals surface area contributed by atoms with E-state index < -0.39 is 17.4 Å². The fourth-order valence-corrected chi connectivity index (χ4v) is 4.85. The average Bonchev–Trinajstić information content (AvgIpc) is 2.57. The Hall–Kier alpha value is -0.906. The SMILES string of the molecule is CC[Si]1(C)OCc2cc(OC[Si](OC)(OC)OC)ccc2O1. The first-order chi connectivity index (χ1) is 10.5. The van der Waals surface area contributed by atoms with Crippen LogP contribution in [0.5, 0.6) is 11.5 Å². The van der Waals surface area contributed by atoms with Crippen LogP contribution in [0.15, 0.2) is 18.2 Å². The highest BCUT2D eigenvalue weighted by atomic mass is 28.4. The van der Waals surface area contributed by atoms with E-state index in [1.807, 2.05) is 18.2 Å². The van der Waals surface area contributed by atoms with Crippen LogP contribution >= 0.6 is 0 Å². The average molecular weight is 345 g/mol. The number of hydrogen-bond acceptors (Lipinski definition) is 6. The molecule has 0 saturated carbocycles. The van der Waals surface area contributed by atoms with Crippen molar-refractivity contribution in [1.29, 1.82) is 0 Å². The molecule has 22 heavy (non-hydrogen) atoms. The summed E-state index contributed by atoms with van der Waals surface area (Å²) in [6.07, 6.45) is 0.248. The quantitative estimate of drug-likeness (QED) is 0.708. The molecule has 1 heterocycles. The number of hydrogen-bond donors (Lipinski definition) is 0. The molecule has 0 spiro atoms. The van der Waals surface area contributed by atoms with Gasteiger partial charge in [-0.15, -0.1) is 0 Å². The molecular weight excluding hydrogens is 320 g/mol. The molecule has 0 bridgehead atoms. The Balaban J connectivity index is 2.07. The maximum atomic E-state index is 6.03. The van der Waals surface area contributed by atoms with Crippen LogP contribution in [0.1, 0.15) is 12.5 Å². The smallest absolute Gasteiger partial charge is 0.520 e. The third-order valence-electron chi connectivity index (χ3n) is 3.88. The van der Waals surface area contributed by atoms with E-state index in [2.05, 4.69) is 13.5 Å². The van der Waals surface area contributed by atoms with Gasteiger partial charge in [0.15, 0.2) is 6.23 Å². The van der Waals surface area contributed by atoms with E-state index in [0.717, 1.165) is 23.1 Å². The van der Waals surface area contributed by atoms with Gasteiger partial charge in [-0.2, -0.15) is 0 Å². The summed E-state index contributed by atoms with van der Waals surface area (Å²) in [7, 11) is -0.0928. The Morgan fingerprint density at radius 1 is 1.18 bits per heavy atom. The molecule has 124 valence electrons.